The van der Waals surface area contributed by atoms with Crippen LogP contribution in [0.5, 0.6) is 0 Å². The number of halogens is 1. The molecule has 96 valence electrons. The Bertz CT molecular complexity index is 564. The molecule has 0 atom stereocenters. The second-order valence-electron chi connectivity index (χ2n) is 4.47. The van der Waals surface area contributed by atoms with E-state index in [1.807, 2.05) is 30.3 Å². The average Bonchev–Trinajstić information content (AvgIpc) is 2.43. The van der Waals surface area contributed by atoms with Gasteiger partial charge in [0, 0.05) is 16.6 Å². The van der Waals surface area contributed by atoms with Crippen molar-refractivity contribution < 1.29 is 0 Å². The van der Waals surface area contributed by atoms with Gasteiger partial charge in [-0.1, -0.05) is 58.1 Å². The first kappa shape index (κ1) is 13.9. The summed E-state index contributed by atoms with van der Waals surface area (Å²) in [4.78, 5) is 2.21. The van der Waals surface area contributed by atoms with E-state index >= 15 is 0 Å². The Morgan fingerprint density at radius 1 is 1.00 bits per heavy atom. The fraction of sp³-hybridized carbons (Fsp3) is 0.176. The molecule has 2 aromatic carbocycles. The van der Waals surface area contributed by atoms with E-state index in [0.717, 1.165) is 23.1 Å². The van der Waals surface area contributed by atoms with E-state index in [2.05, 4.69) is 64.0 Å². The molecule has 0 saturated carbocycles. The van der Waals surface area contributed by atoms with Gasteiger partial charge in [0.1, 0.15) is 0 Å². The van der Waals surface area contributed by atoms with Gasteiger partial charge >= 0.3 is 0 Å². The first-order chi connectivity index (χ1) is 9.24. The van der Waals surface area contributed by atoms with Crippen molar-refractivity contribution in [1.82, 2.24) is 4.90 Å². The summed E-state index contributed by atoms with van der Waals surface area (Å²) in [6.45, 7) is 1.68. The van der Waals surface area contributed by atoms with Crippen LogP contribution in [0.25, 0.3) is 0 Å². The molecular weight excluding hydrogens is 298 g/mol. The van der Waals surface area contributed by atoms with Gasteiger partial charge in [-0.05, 0) is 36.9 Å². The van der Waals surface area contributed by atoms with Crippen LogP contribution in [-0.4, -0.2) is 18.5 Å². The van der Waals surface area contributed by atoms with Gasteiger partial charge in [-0.15, -0.1) is 0 Å². The van der Waals surface area contributed by atoms with Crippen LogP contribution >= 0.6 is 15.9 Å². The van der Waals surface area contributed by atoms with E-state index < -0.39 is 0 Å². The molecular formula is C17H16BrN. The van der Waals surface area contributed by atoms with E-state index in [1.54, 1.807) is 0 Å². The third-order valence-corrected chi connectivity index (χ3v) is 3.25. The molecule has 0 N–H and O–H groups in total. The molecule has 2 rings (SSSR count). The lowest BCUT2D eigenvalue weighted by molar-refractivity contribution is 0.369. The summed E-state index contributed by atoms with van der Waals surface area (Å²) in [5.74, 6) is 6.37. The molecule has 2 aromatic rings. The van der Waals surface area contributed by atoms with Crippen LogP contribution < -0.4 is 0 Å². The summed E-state index contributed by atoms with van der Waals surface area (Å²) in [6, 6.07) is 18.5. The Labute approximate surface area is 123 Å². The van der Waals surface area contributed by atoms with Crippen molar-refractivity contribution in [3.63, 3.8) is 0 Å². The van der Waals surface area contributed by atoms with Crippen molar-refractivity contribution in [2.45, 2.75) is 6.54 Å². The molecule has 19 heavy (non-hydrogen) atoms. The van der Waals surface area contributed by atoms with Gasteiger partial charge in [0.15, 0.2) is 0 Å². The molecule has 0 fully saturated rings. The predicted molar refractivity (Wildman–Crippen MR) is 83.8 cm³/mol. The van der Waals surface area contributed by atoms with Gasteiger partial charge in [0.2, 0.25) is 0 Å². The Balaban J connectivity index is 1.87. The highest BCUT2D eigenvalue weighted by Gasteiger charge is 1.98. The summed E-state index contributed by atoms with van der Waals surface area (Å²) in [5, 5.41) is 0. The Morgan fingerprint density at radius 3 is 2.37 bits per heavy atom. The molecule has 0 aliphatic heterocycles. The lowest BCUT2D eigenvalue weighted by Crippen LogP contribution is -2.17. The van der Waals surface area contributed by atoms with Crippen molar-refractivity contribution in [2.75, 3.05) is 13.6 Å². The molecule has 0 amide bonds. The van der Waals surface area contributed by atoms with Crippen LogP contribution in [0.4, 0.5) is 0 Å². The first-order valence-electron chi connectivity index (χ1n) is 6.21. The summed E-state index contributed by atoms with van der Waals surface area (Å²) >= 11 is 3.44. The largest absolute Gasteiger partial charge is 0.291 e. The second-order valence-corrected chi connectivity index (χ2v) is 5.38. The van der Waals surface area contributed by atoms with Crippen molar-refractivity contribution in [2.24, 2.45) is 0 Å². The number of hydrogen-bond donors (Lipinski definition) is 0. The zero-order valence-electron chi connectivity index (χ0n) is 10.9. The molecule has 0 saturated heterocycles. The van der Waals surface area contributed by atoms with Gasteiger partial charge in [-0.2, -0.15) is 0 Å². The average molecular weight is 314 g/mol. The summed E-state index contributed by atoms with van der Waals surface area (Å²) in [6.07, 6.45) is 0. The fourth-order valence-corrected chi connectivity index (χ4v) is 2.02. The zero-order chi connectivity index (χ0) is 13.5. The minimum absolute atomic E-state index is 0.769. The maximum atomic E-state index is 3.44. The smallest absolute Gasteiger partial charge is 0.0605 e. The van der Waals surface area contributed by atoms with Crippen molar-refractivity contribution in [1.29, 1.82) is 0 Å². The SMILES string of the molecule is CN(CC#Cc1ccccc1)Cc1ccc(Br)cc1. The molecule has 0 spiro atoms. The van der Waals surface area contributed by atoms with Gasteiger partial charge in [-0.25, -0.2) is 0 Å². The van der Waals surface area contributed by atoms with Gasteiger partial charge in [0.25, 0.3) is 0 Å². The molecule has 1 nitrogen and oxygen atoms in total. The van der Waals surface area contributed by atoms with Crippen molar-refractivity contribution >= 4 is 15.9 Å². The van der Waals surface area contributed by atoms with Crippen LogP contribution in [0, 0.1) is 11.8 Å². The lowest BCUT2D eigenvalue weighted by atomic mass is 10.2. The molecule has 0 aliphatic rings. The van der Waals surface area contributed by atoms with E-state index in [0.29, 0.717) is 0 Å². The highest BCUT2D eigenvalue weighted by molar-refractivity contribution is 9.10. The lowest BCUT2D eigenvalue weighted by Gasteiger charge is -2.13. The minimum Gasteiger partial charge on any atom is -0.291 e. The molecule has 0 heterocycles. The third kappa shape index (κ3) is 4.90. The topological polar surface area (TPSA) is 3.24 Å². The predicted octanol–water partition coefficient (Wildman–Crippen LogP) is 3.93. The first-order valence-corrected chi connectivity index (χ1v) is 7.00. The molecule has 0 radical (unpaired) electrons. The maximum Gasteiger partial charge on any atom is 0.0605 e. The van der Waals surface area contributed by atoms with Crippen LogP contribution in [0.15, 0.2) is 59.1 Å². The van der Waals surface area contributed by atoms with E-state index in [9.17, 15) is 0 Å². The molecule has 0 bridgehead atoms. The normalized spacial score (nSPS) is 10.1. The van der Waals surface area contributed by atoms with Crippen LogP contribution in [-0.2, 0) is 6.54 Å². The molecule has 0 aliphatic carbocycles. The van der Waals surface area contributed by atoms with E-state index in [4.69, 9.17) is 0 Å². The second kappa shape index (κ2) is 7.13. The summed E-state index contributed by atoms with van der Waals surface area (Å²) in [7, 11) is 2.09. The number of nitrogens with zero attached hydrogens (tertiary/aromatic N) is 1. The third-order valence-electron chi connectivity index (χ3n) is 2.72. The Hall–Kier alpha value is -1.56. The van der Waals surface area contributed by atoms with E-state index in [1.165, 1.54) is 5.56 Å². The molecule has 0 aromatic heterocycles. The van der Waals surface area contributed by atoms with Gasteiger partial charge in [-0.3, -0.25) is 4.90 Å². The standard InChI is InChI=1S/C17H16BrN/c1-19(14-16-9-11-17(18)12-10-16)13-5-8-15-6-3-2-4-7-15/h2-4,6-7,9-12H,13-14H2,1H3. The number of hydrogen-bond acceptors (Lipinski definition) is 1. The number of rotatable bonds is 3. The number of benzene rings is 2. The summed E-state index contributed by atoms with van der Waals surface area (Å²) < 4.78 is 1.11. The highest BCUT2D eigenvalue weighted by atomic mass is 79.9. The van der Waals surface area contributed by atoms with Crippen molar-refractivity contribution in [3.8, 4) is 11.8 Å². The monoisotopic (exact) mass is 313 g/mol. The highest BCUT2D eigenvalue weighted by Crippen LogP contribution is 2.11. The van der Waals surface area contributed by atoms with Crippen LogP contribution in [0.2, 0.25) is 0 Å². The van der Waals surface area contributed by atoms with Gasteiger partial charge < -0.3 is 0 Å². The zero-order valence-corrected chi connectivity index (χ0v) is 12.5. The van der Waals surface area contributed by atoms with Crippen LogP contribution in [0.1, 0.15) is 11.1 Å². The minimum atomic E-state index is 0.769. The van der Waals surface area contributed by atoms with Crippen LogP contribution in [0.3, 0.4) is 0 Å². The molecule has 2 heteroatoms. The fourth-order valence-electron chi connectivity index (χ4n) is 1.76. The quantitative estimate of drug-likeness (QED) is 0.776. The van der Waals surface area contributed by atoms with E-state index in [-0.39, 0.29) is 0 Å². The van der Waals surface area contributed by atoms with Crippen molar-refractivity contribution in [3.05, 3.63) is 70.2 Å². The van der Waals surface area contributed by atoms with Gasteiger partial charge in [0.05, 0.1) is 6.54 Å². The summed E-state index contributed by atoms with van der Waals surface area (Å²) in [5.41, 5.74) is 2.37. The molecule has 0 unspecified atom stereocenters. The Kier molecular flexibility index (Phi) is 5.20. The Morgan fingerprint density at radius 2 is 1.68 bits per heavy atom. The maximum absolute atomic E-state index is 3.44.